The van der Waals surface area contributed by atoms with Gasteiger partial charge >= 0.3 is 0 Å². The van der Waals surface area contributed by atoms with Crippen LogP contribution in [0.2, 0.25) is 0 Å². The fraction of sp³-hybridized carbons (Fsp3) is 0.765. The highest BCUT2D eigenvalue weighted by molar-refractivity contribution is 14.0. The molecule has 0 amide bonds. The van der Waals surface area contributed by atoms with Crippen LogP contribution in [0.4, 0.5) is 0 Å². The predicted octanol–water partition coefficient (Wildman–Crippen LogP) is 1.90. The van der Waals surface area contributed by atoms with E-state index in [-0.39, 0.29) is 29.7 Å². The molecule has 2 fully saturated rings. The van der Waals surface area contributed by atoms with Crippen LogP contribution in [0, 0.1) is 5.92 Å². The van der Waals surface area contributed by atoms with E-state index in [0.29, 0.717) is 31.9 Å². The lowest BCUT2D eigenvalue weighted by molar-refractivity contribution is 0.257. The summed E-state index contributed by atoms with van der Waals surface area (Å²) < 4.78 is 31.3. The molecular formula is C17H30IN5O3S. The molecule has 1 aromatic rings. The van der Waals surface area contributed by atoms with Crippen molar-refractivity contribution in [3.8, 4) is 0 Å². The molecule has 1 aliphatic carbocycles. The highest BCUT2D eigenvalue weighted by Gasteiger charge is 2.29. The Morgan fingerprint density at radius 2 is 1.96 bits per heavy atom. The third-order valence-electron chi connectivity index (χ3n) is 5.24. The zero-order valence-corrected chi connectivity index (χ0v) is 19.0. The van der Waals surface area contributed by atoms with Gasteiger partial charge in [-0.3, -0.25) is 4.99 Å². The van der Waals surface area contributed by atoms with Crippen LogP contribution in [0.3, 0.4) is 0 Å². The van der Waals surface area contributed by atoms with Gasteiger partial charge in [0, 0.05) is 45.8 Å². The van der Waals surface area contributed by atoms with Gasteiger partial charge in [0.1, 0.15) is 12.0 Å². The van der Waals surface area contributed by atoms with E-state index >= 15 is 0 Å². The Balaban J connectivity index is 0.00000261. The first-order chi connectivity index (χ1) is 12.6. The molecule has 0 aromatic carbocycles. The number of halogens is 1. The number of rotatable bonds is 5. The molecule has 2 aliphatic rings. The van der Waals surface area contributed by atoms with E-state index in [2.05, 4.69) is 20.4 Å². The van der Waals surface area contributed by atoms with Crippen molar-refractivity contribution >= 4 is 40.0 Å². The molecule has 10 heteroatoms. The molecular weight excluding hydrogens is 481 g/mol. The van der Waals surface area contributed by atoms with Crippen LogP contribution in [0.25, 0.3) is 0 Å². The molecule has 0 radical (unpaired) electrons. The van der Waals surface area contributed by atoms with Crippen molar-refractivity contribution in [2.45, 2.75) is 37.9 Å². The van der Waals surface area contributed by atoms with Gasteiger partial charge in [-0.05, 0) is 18.8 Å². The maximum absolute atomic E-state index is 12.5. The van der Waals surface area contributed by atoms with E-state index in [1.807, 2.05) is 0 Å². The lowest BCUT2D eigenvalue weighted by atomic mass is 9.89. The van der Waals surface area contributed by atoms with Crippen LogP contribution < -0.4 is 5.32 Å². The van der Waals surface area contributed by atoms with Crippen molar-refractivity contribution in [3.05, 3.63) is 18.0 Å². The van der Waals surface area contributed by atoms with Gasteiger partial charge in [-0.15, -0.1) is 24.0 Å². The quantitative estimate of drug-likeness (QED) is 0.369. The summed E-state index contributed by atoms with van der Waals surface area (Å²) in [5.74, 6) is 1.49. The standard InChI is InChI=1S/C17H29N5O3S.HI/c1-18-17(19-13-15-5-3-2-4-6-15)21-8-10-22(11-9-21)26(23,24)14-16-7-12-25-20-16;/h7,12,15H,2-6,8-11,13-14H2,1H3,(H,18,19);1H. The fourth-order valence-electron chi connectivity index (χ4n) is 3.73. The normalized spacial score (nSPS) is 20.3. The first-order valence-electron chi connectivity index (χ1n) is 9.41. The van der Waals surface area contributed by atoms with Crippen molar-refractivity contribution in [1.29, 1.82) is 0 Å². The van der Waals surface area contributed by atoms with Gasteiger partial charge in [-0.1, -0.05) is 24.4 Å². The zero-order valence-electron chi connectivity index (χ0n) is 15.8. The summed E-state index contributed by atoms with van der Waals surface area (Å²) in [6.07, 6.45) is 7.98. The van der Waals surface area contributed by atoms with E-state index in [1.54, 1.807) is 13.1 Å². The second-order valence-electron chi connectivity index (χ2n) is 7.07. The molecule has 1 N–H and O–H groups in total. The maximum atomic E-state index is 12.5. The molecule has 0 atom stereocenters. The third kappa shape index (κ3) is 6.31. The van der Waals surface area contributed by atoms with Gasteiger partial charge in [-0.25, -0.2) is 8.42 Å². The van der Waals surface area contributed by atoms with Crippen molar-refractivity contribution in [3.63, 3.8) is 0 Å². The molecule has 1 saturated heterocycles. The second-order valence-corrected chi connectivity index (χ2v) is 9.03. The smallest absolute Gasteiger partial charge is 0.220 e. The highest BCUT2D eigenvalue weighted by Crippen LogP contribution is 2.22. The lowest BCUT2D eigenvalue weighted by Gasteiger charge is -2.36. The molecule has 0 unspecified atom stereocenters. The Labute approximate surface area is 178 Å². The van der Waals surface area contributed by atoms with Gasteiger partial charge in [0.15, 0.2) is 5.96 Å². The Hall–Kier alpha value is -0.880. The van der Waals surface area contributed by atoms with Crippen molar-refractivity contribution in [1.82, 2.24) is 19.7 Å². The SMILES string of the molecule is CN=C(NCC1CCCCC1)N1CCN(S(=O)(=O)Cc2ccon2)CC1.I. The summed E-state index contributed by atoms with van der Waals surface area (Å²) in [5.41, 5.74) is 0.442. The number of nitrogens with zero attached hydrogens (tertiary/aromatic N) is 4. The van der Waals surface area contributed by atoms with Gasteiger partial charge < -0.3 is 14.7 Å². The van der Waals surface area contributed by atoms with E-state index in [9.17, 15) is 8.42 Å². The van der Waals surface area contributed by atoms with Crippen LogP contribution in [0.5, 0.6) is 0 Å². The minimum Gasteiger partial charge on any atom is -0.364 e. The van der Waals surface area contributed by atoms with Gasteiger partial charge in [0.05, 0.1) is 5.69 Å². The van der Waals surface area contributed by atoms with Crippen LogP contribution in [0.1, 0.15) is 37.8 Å². The number of hydrogen-bond acceptors (Lipinski definition) is 5. The summed E-state index contributed by atoms with van der Waals surface area (Å²) in [6, 6.07) is 1.59. The topological polar surface area (TPSA) is 91.0 Å². The predicted molar refractivity (Wildman–Crippen MR) is 116 cm³/mol. The van der Waals surface area contributed by atoms with E-state index < -0.39 is 10.0 Å². The molecule has 8 nitrogen and oxygen atoms in total. The number of aliphatic imine (C=N–C) groups is 1. The Morgan fingerprint density at radius 3 is 2.56 bits per heavy atom. The Morgan fingerprint density at radius 1 is 1.26 bits per heavy atom. The van der Waals surface area contributed by atoms with Crippen molar-refractivity contribution < 1.29 is 12.9 Å². The minimum atomic E-state index is -3.37. The number of piperazine rings is 1. The Bertz CT molecular complexity index is 681. The summed E-state index contributed by atoms with van der Waals surface area (Å²) >= 11 is 0. The average molecular weight is 511 g/mol. The summed E-state index contributed by atoms with van der Waals surface area (Å²) in [5, 5.41) is 7.19. The number of guanidine groups is 1. The first kappa shape index (κ1) is 22.4. The van der Waals surface area contributed by atoms with Gasteiger partial charge in [-0.2, -0.15) is 4.31 Å². The van der Waals surface area contributed by atoms with Gasteiger partial charge in [0.25, 0.3) is 0 Å². The summed E-state index contributed by atoms with van der Waals surface area (Å²) in [7, 11) is -1.58. The number of nitrogens with one attached hydrogen (secondary N) is 1. The van der Waals surface area contributed by atoms with E-state index in [4.69, 9.17) is 4.52 Å². The third-order valence-corrected chi connectivity index (χ3v) is 7.05. The zero-order chi connectivity index (χ0) is 18.4. The molecule has 1 saturated carbocycles. The highest BCUT2D eigenvalue weighted by atomic mass is 127. The molecule has 1 aliphatic heterocycles. The fourth-order valence-corrected chi connectivity index (χ4v) is 5.15. The first-order valence-corrected chi connectivity index (χ1v) is 11.0. The largest absolute Gasteiger partial charge is 0.364 e. The molecule has 0 bridgehead atoms. The van der Waals surface area contributed by atoms with Crippen molar-refractivity contribution in [2.24, 2.45) is 10.9 Å². The van der Waals surface area contributed by atoms with Crippen molar-refractivity contribution in [2.75, 3.05) is 39.8 Å². The number of hydrogen-bond donors (Lipinski definition) is 1. The maximum Gasteiger partial charge on any atom is 0.220 e. The molecule has 2 heterocycles. The molecule has 27 heavy (non-hydrogen) atoms. The van der Waals surface area contributed by atoms with Crippen LogP contribution >= 0.6 is 24.0 Å². The van der Waals surface area contributed by atoms with Crippen LogP contribution in [0.15, 0.2) is 21.8 Å². The molecule has 3 rings (SSSR count). The second kappa shape index (κ2) is 10.6. The monoisotopic (exact) mass is 511 g/mol. The summed E-state index contributed by atoms with van der Waals surface area (Å²) in [6.45, 7) is 3.16. The average Bonchev–Trinajstić information content (AvgIpc) is 3.16. The van der Waals surface area contributed by atoms with Crippen LogP contribution in [-0.2, 0) is 15.8 Å². The number of sulfonamides is 1. The van der Waals surface area contributed by atoms with E-state index in [0.717, 1.165) is 18.4 Å². The molecule has 154 valence electrons. The lowest BCUT2D eigenvalue weighted by Crippen LogP contribution is -2.54. The number of aromatic nitrogens is 1. The molecule has 0 spiro atoms. The summed E-state index contributed by atoms with van der Waals surface area (Å²) in [4.78, 5) is 6.53. The van der Waals surface area contributed by atoms with E-state index in [1.165, 1.54) is 42.7 Å². The van der Waals surface area contributed by atoms with Crippen LogP contribution in [-0.4, -0.2) is 68.5 Å². The van der Waals surface area contributed by atoms with Gasteiger partial charge in [0.2, 0.25) is 10.0 Å². The minimum absolute atomic E-state index is 0. The Kier molecular flexibility index (Phi) is 8.80. The molecule has 1 aromatic heterocycles.